The summed E-state index contributed by atoms with van der Waals surface area (Å²) in [7, 11) is 0. The number of amides is 1. The molecule has 9 heteroatoms. The molecule has 0 atom stereocenters. The van der Waals surface area contributed by atoms with Crippen molar-refractivity contribution in [2.45, 2.75) is 6.18 Å². The van der Waals surface area contributed by atoms with E-state index in [0.717, 1.165) is 5.38 Å². The first-order chi connectivity index (χ1) is 7.23. The third-order valence-electron chi connectivity index (χ3n) is 1.44. The molecular weight excluding hydrogens is 271 g/mol. The predicted octanol–water partition coefficient (Wildman–Crippen LogP) is 2.60. The summed E-state index contributed by atoms with van der Waals surface area (Å²) in [5.74, 6) is -3.73. The number of carbonyl (C=O) groups excluding carboxylic acids is 1. The molecule has 1 aromatic rings. The quantitative estimate of drug-likeness (QED) is 0.870. The average Bonchev–Trinajstić information content (AvgIpc) is 2.46. The van der Waals surface area contributed by atoms with Crippen LogP contribution in [0.15, 0.2) is 5.38 Å². The summed E-state index contributed by atoms with van der Waals surface area (Å²) in [6.45, 7) is 0. The minimum absolute atomic E-state index is 0.250. The number of anilines is 1. The molecule has 88 valence electrons. The summed E-state index contributed by atoms with van der Waals surface area (Å²) in [4.78, 5) is 20.7. The molecule has 1 amide bonds. The monoisotopic (exact) mass is 273 g/mol. The Morgan fingerprint density at radius 1 is 1.44 bits per heavy atom. The molecule has 16 heavy (non-hydrogen) atoms. The van der Waals surface area contributed by atoms with Crippen LogP contribution in [-0.2, 0) is 4.79 Å². The van der Waals surface area contributed by atoms with Gasteiger partial charge in [0.1, 0.15) is 4.88 Å². The first-order valence-electron chi connectivity index (χ1n) is 3.62. The Labute approximate surface area is 95.6 Å². The molecule has 0 saturated carbocycles. The summed E-state index contributed by atoms with van der Waals surface area (Å²) in [5, 5.41) is 10.9. The van der Waals surface area contributed by atoms with Crippen LogP contribution in [0.5, 0.6) is 0 Å². The Morgan fingerprint density at radius 2 is 2.00 bits per heavy atom. The van der Waals surface area contributed by atoms with Gasteiger partial charge in [-0.05, 0) is 0 Å². The zero-order chi connectivity index (χ0) is 12.5. The van der Waals surface area contributed by atoms with Crippen molar-refractivity contribution in [1.29, 1.82) is 0 Å². The van der Waals surface area contributed by atoms with E-state index in [0.29, 0.717) is 11.3 Å². The molecule has 0 aliphatic carbocycles. The Morgan fingerprint density at radius 3 is 2.44 bits per heavy atom. The minimum Gasteiger partial charge on any atom is -0.477 e. The molecule has 1 heterocycles. The predicted molar refractivity (Wildman–Crippen MR) is 51.0 cm³/mol. The van der Waals surface area contributed by atoms with Crippen molar-refractivity contribution in [2.24, 2.45) is 0 Å². The van der Waals surface area contributed by atoms with Crippen molar-refractivity contribution in [2.75, 3.05) is 5.32 Å². The van der Waals surface area contributed by atoms with Crippen LogP contribution in [0, 0.1) is 0 Å². The lowest BCUT2D eigenvalue weighted by Crippen LogP contribution is -2.30. The van der Waals surface area contributed by atoms with E-state index in [1.165, 1.54) is 5.32 Å². The van der Waals surface area contributed by atoms with Gasteiger partial charge in [0.15, 0.2) is 0 Å². The SMILES string of the molecule is O=C(O)c1scc(Cl)c1NC(=O)C(F)(F)F. The second kappa shape index (κ2) is 4.30. The van der Waals surface area contributed by atoms with Gasteiger partial charge in [-0.3, -0.25) is 4.79 Å². The van der Waals surface area contributed by atoms with Crippen LogP contribution in [0.3, 0.4) is 0 Å². The van der Waals surface area contributed by atoms with Crippen LogP contribution < -0.4 is 5.32 Å². The van der Waals surface area contributed by atoms with Crippen molar-refractivity contribution in [3.63, 3.8) is 0 Å². The minimum atomic E-state index is -5.10. The molecular formula is C7H3ClF3NO3S. The summed E-state index contributed by atoms with van der Waals surface area (Å²) < 4.78 is 35.7. The number of alkyl halides is 3. The molecule has 0 spiro atoms. The first kappa shape index (κ1) is 12.8. The Bertz CT molecular complexity index is 443. The molecule has 1 aromatic heterocycles. The summed E-state index contributed by atoms with van der Waals surface area (Å²) in [5.41, 5.74) is -0.540. The van der Waals surface area contributed by atoms with E-state index in [2.05, 4.69) is 0 Å². The third kappa shape index (κ3) is 2.64. The number of thiophene rings is 1. The normalized spacial score (nSPS) is 11.2. The maximum atomic E-state index is 11.9. The van der Waals surface area contributed by atoms with Crippen molar-refractivity contribution in [3.8, 4) is 0 Å². The highest BCUT2D eigenvalue weighted by Crippen LogP contribution is 2.33. The fourth-order valence-corrected chi connectivity index (χ4v) is 1.85. The average molecular weight is 274 g/mol. The summed E-state index contributed by atoms with van der Waals surface area (Å²) >= 11 is 6.07. The number of rotatable bonds is 2. The number of aromatic carboxylic acids is 1. The maximum Gasteiger partial charge on any atom is 0.471 e. The van der Waals surface area contributed by atoms with Gasteiger partial charge >= 0.3 is 18.1 Å². The molecule has 0 saturated heterocycles. The molecule has 0 bridgehead atoms. The van der Waals surface area contributed by atoms with Gasteiger partial charge in [-0.2, -0.15) is 13.2 Å². The van der Waals surface area contributed by atoms with Gasteiger partial charge in [0.05, 0.1) is 10.7 Å². The van der Waals surface area contributed by atoms with E-state index in [1.54, 1.807) is 0 Å². The van der Waals surface area contributed by atoms with Crippen LogP contribution in [-0.4, -0.2) is 23.2 Å². The highest BCUT2D eigenvalue weighted by molar-refractivity contribution is 7.13. The standard InChI is InChI=1S/C7H3ClF3NO3S/c8-2-1-16-4(5(13)14)3(2)12-6(15)7(9,10)11/h1H,(H,12,15)(H,13,14). The Hall–Kier alpha value is -1.28. The number of carboxylic acid groups (broad SMARTS) is 1. The highest BCUT2D eigenvalue weighted by Gasteiger charge is 2.39. The lowest BCUT2D eigenvalue weighted by molar-refractivity contribution is -0.167. The van der Waals surface area contributed by atoms with Crippen molar-refractivity contribution < 1.29 is 27.9 Å². The van der Waals surface area contributed by atoms with Gasteiger partial charge < -0.3 is 10.4 Å². The van der Waals surface area contributed by atoms with Crippen LogP contribution in [0.1, 0.15) is 9.67 Å². The molecule has 0 fully saturated rings. The van der Waals surface area contributed by atoms with Gasteiger partial charge in [-0.25, -0.2) is 4.79 Å². The number of halogens is 4. The number of carboxylic acids is 1. The zero-order valence-corrected chi connectivity index (χ0v) is 8.83. The van der Waals surface area contributed by atoms with Gasteiger partial charge in [-0.1, -0.05) is 11.6 Å². The maximum absolute atomic E-state index is 11.9. The van der Waals surface area contributed by atoms with E-state index in [9.17, 15) is 22.8 Å². The van der Waals surface area contributed by atoms with Crippen LogP contribution in [0.2, 0.25) is 5.02 Å². The molecule has 2 N–H and O–H groups in total. The molecule has 1 rings (SSSR count). The molecule has 0 unspecified atom stereocenters. The van der Waals surface area contributed by atoms with E-state index < -0.39 is 28.6 Å². The molecule has 0 aliphatic heterocycles. The van der Waals surface area contributed by atoms with Crippen molar-refractivity contribution in [1.82, 2.24) is 0 Å². The Kier molecular flexibility index (Phi) is 3.44. The summed E-state index contributed by atoms with van der Waals surface area (Å²) in [6, 6.07) is 0. The zero-order valence-electron chi connectivity index (χ0n) is 7.26. The largest absolute Gasteiger partial charge is 0.477 e. The molecule has 4 nitrogen and oxygen atoms in total. The molecule has 0 aliphatic rings. The highest BCUT2D eigenvalue weighted by atomic mass is 35.5. The molecule has 0 aromatic carbocycles. The second-order valence-corrected chi connectivity index (χ2v) is 3.83. The van der Waals surface area contributed by atoms with E-state index in [-0.39, 0.29) is 5.02 Å². The summed E-state index contributed by atoms with van der Waals surface area (Å²) in [6.07, 6.45) is -5.10. The van der Waals surface area contributed by atoms with E-state index in [1.807, 2.05) is 0 Å². The number of carbonyl (C=O) groups is 2. The lowest BCUT2D eigenvalue weighted by Gasteiger charge is -2.07. The fourth-order valence-electron chi connectivity index (χ4n) is 0.795. The topological polar surface area (TPSA) is 66.4 Å². The Balaban J connectivity index is 3.02. The first-order valence-corrected chi connectivity index (χ1v) is 4.87. The number of nitrogens with one attached hydrogen (secondary N) is 1. The smallest absolute Gasteiger partial charge is 0.471 e. The number of hydrogen-bond donors (Lipinski definition) is 2. The van der Waals surface area contributed by atoms with Gasteiger partial charge in [-0.15, -0.1) is 11.3 Å². The van der Waals surface area contributed by atoms with Gasteiger partial charge in [0, 0.05) is 5.38 Å². The van der Waals surface area contributed by atoms with E-state index in [4.69, 9.17) is 16.7 Å². The van der Waals surface area contributed by atoms with Gasteiger partial charge in [0.25, 0.3) is 0 Å². The lowest BCUT2D eigenvalue weighted by atomic mass is 10.3. The molecule has 0 radical (unpaired) electrons. The van der Waals surface area contributed by atoms with Crippen LogP contribution in [0.25, 0.3) is 0 Å². The van der Waals surface area contributed by atoms with E-state index >= 15 is 0 Å². The van der Waals surface area contributed by atoms with Crippen molar-refractivity contribution >= 4 is 40.5 Å². The number of hydrogen-bond acceptors (Lipinski definition) is 3. The van der Waals surface area contributed by atoms with Crippen LogP contribution in [0.4, 0.5) is 18.9 Å². The van der Waals surface area contributed by atoms with Crippen LogP contribution >= 0.6 is 22.9 Å². The van der Waals surface area contributed by atoms with Gasteiger partial charge in [0.2, 0.25) is 0 Å². The third-order valence-corrected chi connectivity index (χ3v) is 2.83. The van der Waals surface area contributed by atoms with Crippen molar-refractivity contribution in [3.05, 3.63) is 15.3 Å². The second-order valence-electron chi connectivity index (χ2n) is 2.54. The fraction of sp³-hybridized carbons (Fsp3) is 0.143.